The summed E-state index contributed by atoms with van der Waals surface area (Å²) in [7, 11) is 0. The molecule has 5 heteroatoms. The number of hydrogen-bond acceptors (Lipinski definition) is 3. The van der Waals surface area contributed by atoms with Gasteiger partial charge in [0.15, 0.2) is 0 Å². The number of rotatable bonds is 5. The van der Waals surface area contributed by atoms with Crippen molar-refractivity contribution in [3.05, 3.63) is 59.9 Å². The lowest BCUT2D eigenvalue weighted by molar-refractivity contribution is -0.136. The summed E-state index contributed by atoms with van der Waals surface area (Å²) in [4.78, 5) is 26.3. The lowest BCUT2D eigenvalue weighted by atomic mass is 10.1. The zero-order chi connectivity index (χ0) is 14.4. The second-order valence-electron chi connectivity index (χ2n) is 4.29. The Hall–Kier alpha value is -2.69. The van der Waals surface area contributed by atoms with Gasteiger partial charge < -0.3 is 10.4 Å². The van der Waals surface area contributed by atoms with Gasteiger partial charge in [0.05, 0.1) is 5.56 Å². The molecule has 2 rings (SSSR count). The number of hydrogen-bond donors (Lipinski definition) is 2. The molecule has 0 spiro atoms. The number of carboxylic acids is 1. The average Bonchev–Trinajstić information content (AvgIpc) is 2.47. The molecule has 0 aliphatic carbocycles. The Morgan fingerprint density at radius 3 is 2.50 bits per heavy atom. The van der Waals surface area contributed by atoms with Crippen LogP contribution in [-0.2, 0) is 11.2 Å². The van der Waals surface area contributed by atoms with E-state index in [-0.39, 0.29) is 12.3 Å². The van der Waals surface area contributed by atoms with Crippen LogP contribution in [0.2, 0.25) is 0 Å². The van der Waals surface area contributed by atoms with E-state index in [0.717, 1.165) is 5.56 Å². The van der Waals surface area contributed by atoms with Crippen molar-refractivity contribution in [3.63, 3.8) is 0 Å². The summed E-state index contributed by atoms with van der Waals surface area (Å²) in [6.45, 7) is 0. The number of pyridine rings is 1. The molecule has 0 aliphatic heterocycles. The number of nitrogens with one attached hydrogen (secondary N) is 1. The molecular formula is C15H14N2O3. The van der Waals surface area contributed by atoms with Crippen LogP contribution in [0, 0.1) is 0 Å². The number of aryl methyl sites for hydroxylation is 1. The highest BCUT2D eigenvalue weighted by Gasteiger charge is 2.05. The van der Waals surface area contributed by atoms with Crippen LogP contribution < -0.4 is 5.32 Å². The summed E-state index contributed by atoms with van der Waals surface area (Å²) < 4.78 is 0. The van der Waals surface area contributed by atoms with Crippen LogP contribution in [0.15, 0.2) is 48.8 Å². The minimum absolute atomic E-state index is 0.0986. The number of benzene rings is 1. The first kappa shape index (κ1) is 13.7. The molecule has 2 N–H and O–H groups in total. The van der Waals surface area contributed by atoms with Crippen LogP contribution in [0.3, 0.4) is 0 Å². The van der Waals surface area contributed by atoms with Gasteiger partial charge in [-0.3, -0.25) is 14.6 Å². The van der Waals surface area contributed by atoms with Crippen molar-refractivity contribution in [1.82, 2.24) is 4.98 Å². The van der Waals surface area contributed by atoms with Gasteiger partial charge in [-0.2, -0.15) is 0 Å². The van der Waals surface area contributed by atoms with E-state index in [1.165, 1.54) is 6.20 Å². The third-order valence-corrected chi connectivity index (χ3v) is 2.76. The molecule has 0 radical (unpaired) electrons. The molecule has 20 heavy (non-hydrogen) atoms. The Balaban J connectivity index is 1.97. The van der Waals surface area contributed by atoms with Crippen molar-refractivity contribution in [2.45, 2.75) is 12.8 Å². The summed E-state index contributed by atoms with van der Waals surface area (Å²) in [6.07, 6.45) is 3.68. The van der Waals surface area contributed by atoms with Crippen molar-refractivity contribution in [1.29, 1.82) is 0 Å². The smallest absolute Gasteiger partial charge is 0.303 e. The molecule has 2 aromatic rings. The number of aromatic nitrogens is 1. The van der Waals surface area contributed by atoms with Gasteiger partial charge >= 0.3 is 5.97 Å². The van der Waals surface area contributed by atoms with E-state index in [1.54, 1.807) is 30.5 Å². The van der Waals surface area contributed by atoms with Crippen LogP contribution >= 0.6 is 0 Å². The molecule has 0 saturated heterocycles. The number of anilines is 1. The largest absolute Gasteiger partial charge is 0.481 e. The van der Waals surface area contributed by atoms with Crippen LogP contribution in [0.1, 0.15) is 22.3 Å². The molecule has 0 atom stereocenters. The Bertz CT molecular complexity index is 594. The monoisotopic (exact) mass is 270 g/mol. The molecule has 1 heterocycles. The molecule has 1 amide bonds. The van der Waals surface area contributed by atoms with Crippen molar-refractivity contribution >= 4 is 17.6 Å². The van der Waals surface area contributed by atoms with E-state index >= 15 is 0 Å². The molecule has 5 nitrogen and oxygen atoms in total. The molecular weight excluding hydrogens is 256 g/mol. The number of nitrogens with zero attached hydrogens (tertiary/aromatic N) is 1. The van der Waals surface area contributed by atoms with E-state index in [4.69, 9.17) is 5.11 Å². The highest BCUT2D eigenvalue weighted by molar-refractivity contribution is 6.03. The van der Waals surface area contributed by atoms with Gasteiger partial charge in [-0.15, -0.1) is 0 Å². The second kappa shape index (κ2) is 6.47. The maximum absolute atomic E-state index is 11.9. The fourth-order valence-electron chi connectivity index (χ4n) is 1.71. The molecule has 1 aromatic carbocycles. The first-order chi connectivity index (χ1) is 9.65. The quantitative estimate of drug-likeness (QED) is 0.874. The van der Waals surface area contributed by atoms with E-state index in [0.29, 0.717) is 17.7 Å². The van der Waals surface area contributed by atoms with E-state index in [1.807, 2.05) is 12.1 Å². The van der Waals surface area contributed by atoms with Gasteiger partial charge in [0.2, 0.25) is 0 Å². The van der Waals surface area contributed by atoms with Crippen LogP contribution in [0.25, 0.3) is 0 Å². The normalized spacial score (nSPS) is 10.0. The second-order valence-corrected chi connectivity index (χ2v) is 4.29. The maximum Gasteiger partial charge on any atom is 0.303 e. The summed E-state index contributed by atoms with van der Waals surface area (Å²) in [5, 5.41) is 11.4. The van der Waals surface area contributed by atoms with Crippen molar-refractivity contribution in [2.24, 2.45) is 0 Å². The Morgan fingerprint density at radius 1 is 1.15 bits per heavy atom. The van der Waals surface area contributed by atoms with Crippen molar-refractivity contribution in [2.75, 3.05) is 5.32 Å². The lowest BCUT2D eigenvalue weighted by Gasteiger charge is -2.06. The van der Waals surface area contributed by atoms with Crippen LogP contribution in [-0.4, -0.2) is 22.0 Å². The molecule has 102 valence electrons. The zero-order valence-corrected chi connectivity index (χ0v) is 10.7. The summed E-state index contributed by atoms with van der Waals surface area (Å²) in [5.41, 5.74) is 2.08. The SMILES string of the molecule is O=C(O)CCc1ccc(NC(=O)c2cccnc2)cc1. The summed E-state index contributed by atoms with van der Waals surface area (Å²) in [5.74, 6) is -1.05. The first-order valence-electron chi connectivity index (χ1n) is 6.17. The van der Waals surface area contributed by atoms with E-state index in [9.17, 15) is 9.59 Å². The fourth-order valence-corrected chi connectivity index (χ4v) is 1.71. The van der Waals surface area contributed by atoms with E-state index < -0.39 is 5.97 Å². The number of carbonyl (C=O) groups excluding carboxylic acids is 1. The third kappa shape index (κ3) is 3.91. The standard InChI is InChI=1S/C15H14N2O3/c18-14(19)8-5-11-3-6-13(7-4-11)17-15(20)12-2-1-9-16-10-12/h1-4,6-7,9-10H,5,8H2,(H,17,20)(H,18,19). The van der Waals surface area contributed by atoms with Crippen LogP contribution in [0.4, 0.5) is 5.69 Å². The topological polar surface area (TPSA) is 79.3 Å². The number of aliphatic carboxylic acids is 1. The number of carboxylic acid groups (broad SMARTS) is 1. The summed E-state index contributed by atoms with van der Waals surface area (Å²) in [6, 6.07) is 10.5. The highest BCUT2D eigenvalue weighted by Crippen LogP contribution is 2.12. The average molecular weight is 270 g/mol. The zero-order valence-electron chi connectivity index (χ0n) is 10.7. The predicted octanol–water partition coefficient (Wildman–Crippen LogP) is 2.35. The maximum atomic E-state index is 11.9. The fraction of sp³-hybridized carbons (Fsp3) is 0.133. The van der Waals surface area contributed by atoms with Crippen LogP contribution in [0.5, 0.6) is 0 Å². The Labute approximate surface area is 116 Å². The number of carbonyl (C=O) groups is 2. The molecule has 0 bridgehead atoms. The van der Waals surface area contributed by atoms with Gasteiger partial charge in [-0.05, 0) is 36.2 Å². The van der Waals surface area contributed by atoms with Gasteiger partial charge in [0.25, 0.3) is 5.91 Å². The summed E-state index contributed by atoms with van der Waals surface area (Å²) >= 11 is 0. The minimum Gasteiger partial charge on any atom is -0.481 e. The lowest BCUT2D eigenvalue weighted by Crippen LogP contribution is -2.11. The Kier molecular flexibility index (Phi) is 4.44. The highest BCUT2D eigenvalue weighted by atomic mass is 16.4. The first-order valence-corrected chi connectivity index (χ1v) is 6.17. The molecule has 0 unspecified atom stereocenters. The van der Waals surface area contributed by atoms with E-state index in [2.05, 4.69) is 10.3 Å². The molecule has 0 aliphatic rings. The Morgan fingerprint density at radius 2 is 1.90 bits per heavy atom. The molecule has 0 fully saturated rings. The molecule has 0 saturated carbocycles. The minimum atomic E-state index is -0.820. The van der Waals surface area contributed by atoms with Gasteiger partial charge in [-0.1, -0.05) is 12.1 Å². The van der Waals surface area contributed by atoms with Crippen molar-refractivity contribution < 1.29 is 14.7 Å². The number of amides is 1. The van der Waals surface area contributed by atoms with Gasteiger partial charge in [0.1, 0.15) is 0 Å². The van der Waals surface area contributed by atoms with Crippen molar-refractivity contribution in [3.8, 4) is 0 Å². The van der Waals surface area contributed by atoms with Gasteiger partial charge in [-0.25, -0.2) is 0 Å². The van der Waals surface area contributed by atoms with Gasteiger partial charge in [0, 0.05) is 24.5 Å². The predicted molar refractivity (Wildman–Crippen MR) is 74.6 cm³/mol. The third-order valence-electron chi connectivity index (χ3n) is 2.76. The molecule has 1 aromatic heterocycles.